The second-order valence-corrected chi connectivity index (χ2v) is 11.9. The minimum atomic E-state index is -3.70. The number of anilines is 2. The Hall–Kier alpha value is -2.49. The molecule has 0 unspecified atom stereocenters. The number of carbonyl (C=O) groups excluding carboxylic acids is 1. The van der Waals surface area contributed by atoms with Gasteiger partial charge >= 0.3 is 0 Å². The Labute approximate surface area is 205 Å². The second-order valence-electron chi connectivity index (χ2n) is 9.02. The van der Waals surface area contributed by atoms with E-state index in [0.717, 1.165) is 61.8 Å². The fraction of sp³-hybridized carbons (Fsp3) is 0.440. The molecule has 0 atom stereocenters. The predicted molar refractivity (Wildman–Crippen MR) is 137 cm³/mol. The third-order valence-corrected chi connectivity index (χ3v) is 9.75. The molecule has 0 radical (unpaired) electrons. The lowest BCUT2D eigenvalue weighted by molar-refractivity contribution is 0.0993. The number of hydrogen-bond donors (Lipinski definition) is 0. The average molecular weight is 499 g/mol. The quantitative estimate of drug-likeness (QED) is 0.508. The Morgan fingerprint density at radius 2 is 1.62 bits per heavy atom. The van der Waals surface area contributed by atoms with Crippen molar-refractivity contribution in [3.8, 4) is 0 Å². The molecule has 0 bridgehead atoms. The monoisotopic (exact) mass is 498 g/mol. The number of hydrogen-bond acceptors (Lipinski definition) is 6. The van der Waals surface area contributed by atoms with Gasteiger partial charge in [0.25, 0.3) is 5.91 Å². The van der Waals surface area contributed by atoms with Crippen molar-refractivity contribution in [3.63, 3.8) is 0 Å². The van der Waals surface area contributed by atoms with Gasteiger partial charge in [-0.15, -0.1) is 0 Å². The SMILES string of the molecule is CN(C(=O)c1ccc(N2CCCCC2)c(S(=O)(=O)N2CCCCC2)c1)c1nc2ccccc2s1. The van der Waals surface area contributed by atoms with Gasteiger partial charge in [-0.25, -0.2) is 13.4 Å². The van der Waals surface area contributed by atoms with Crippen LogP contribution in [0.15, 0.2) is 47.4 Å². The van der Waals surface area contributed by atoms with Gasteiger partial charge in [-0.3, -0.25) is 9.69 Å². The Bertz CT molecular complexity index is 1260. The van der Waals surface area contributed by atoms with Crippen molar-refractivity contribution >= 4 is 48.3 Å². The lowest BCUT2D eigenvalue weighted by atomic mass is 10.1. The van der Waals surface area contributed by atoms with Gasteiger partial charge in [0.2, 0.25) is 10.0 Å². The molecule has 2 fully saturated rings. The van der Waals surface area contributed by atoms with Crippen molar-refractivity contribution in [2.45, 2.75) is 43.4 Å². The van der Waals surface area contributed by atoms with Crippen LogP contribution in [-0.2, 0) is 10.0 Å². The maximum absolute atomic E-state index is 13.7. The Balaban J connectivity index is 1.52. The maximum Gasteiger partial charge on any atom is 0.259 e. The summed E-state index contributed by atoms with van der Waals surface area (Å²) in [6.07, 6.45) is 6.05. The van der Waals surface area contributed by atoms with E-state index in [1.54, 1.807) is 23.5 Å². The largest absolute Gasteiger partial charge is 0.370 e. The highest BCUT2D eigenvalue weighted by molar-refractivity contribution is 7.89. The summed E-state index contributed by atoms with van der Waals surface area (Å²) >= 11 is 1.45. The van der Waals surface area contributed by atoms with Crippen molar-refractivity contribution in [2.75, 3.05) is 43.0 Å². The van der Waals surface area contributed by atoms with E-state index in [2.05, 4.69) is 9.88 Å². The predicted octanol–water partition coefficient (Wildman–Crippen LogP) is 4.74. The van der Waals surface area contributed by atoms with Crippen LogP contribution in [0.1, 0.15) is 48.9 Å². The highest BCUT2D eigenvalue weighted by atomic mass is 32.2. The molecule has 0 spiro atoms. The molecule has 3 heterocycles. The van der Waals surface area contributed by atoms with Crippen LogP contribution in [0, 0.1) is 0 Å². The highest BCUT2D eigenvalue weighted by Gasteiger charge is 2.31. The summed E-state index contributed by atoms with van der Waals surface area (Å²) in [6, 6.07) is 12.9. The summed E-state index contributed by atoms with van der Waals surface area (Å²) in [4.78, 5) is 21.9. The molecule has 1 amide bonds. The number of para-hydroxylation sites is 1. The summed E-state index contributed by atoms with van der Waals surface area (Å²) in [5.74, 6) is -0.264. The van der Waals surface area contributed by atoms with Gasteiger partial charge in [-0.05, 0) is 62.4 Å². The molecule has 3 aromatic rings. The molecule has 34 heavy (non-hydrogen) atoms. The van der Waals surface area contributed by atoms with Crippen molar-refractivity contribution in [1.29, 1.82) is 0 Å². The zero-order valence-corrected chi connectivity index (χ0v) is 21.1. The van der Waals surface area contributed by atoms with E-state index < -0.39 is 10.0 Å². The number of aromatic nitrogens is 1. The van der Waals surface area contributed by atoms with Crippen LogP contribution >= 0.6 is 11.3 Å². The van der Waals surface area contributed by atoms with Crippen molar-refractivity contribution < 1.29 is 13.2 Å². The number of rotatable bonds is 5. The van der Waals surface area contributed by atoms with Gasteiger partial charge < -0.3 is 4.90 Å². The number of nitrogens with zero attached hydrogens (tertiary/aromatic N) is 4. The van der Waals surface area contributed by atoms with Crippen molar-refractivity contribution in [2.24, 2.45) is 0 Å². The normalized spacial score (nSPS) is 17.7. The summed E-state index contributed by atoms with van der Waals surface area (Å²) in [6.45, 7) is 2.74. The minimum absolute atomic E-state index is 0.250. The highest BCUT2D eigenvalue weighted by Crippen LogP contribution is 2.34. The van der Waals surface area contributed by atoms with Gasteiger partial charge in [0, 0.05) is 38.8 Å². The smallest absolute Gasteiger partial charge is 0.259 e. The Morgan fingerprint density at radius 3 is 2.32 bits per heavy atom. The molecule has 0 N–H and O–H groups in total. The van der Waals surface area contributed by atoms with Crippen LogP contribution in [-0.4, -0.2) is 56.8 Å². The number of thiazole rings is 1. The number of piperidine rings is 2. The second kappa shape index (κ2) is 9.64. The molecule has 1 aromatic heterocycles. The van der Waals surface area contributed by atoms with E-state index in [-0.39, 0.29) is 10.8 Å². The van der Waals surface area contributed by atoms with Gasteiger partial charge in [-0.1, -0.05) is 29.9 Å². The number of amides is 1. The van der Waals surface area contributed by atoms with E-state index in [1.807, 2.05) is 30.3 Å². The van der Waals surface area contributed by atoms with Crippen LogP contribution in [0.4, 0.5) is 10.8 Å². The summed E-state index contributed by atoms with van der Waals surface area (Å²) in [5, 5.41) is 0.590. The van der Waals surface area contributed by atoms with E-state index in [9.17, 15) is 13.2 Å². The number of benzene rings is 2. The topological polar surface area (TPSA) is 73.8 Å². The van der Waals surface area contributed by atoms with E-state index in [0.29, 0.717) is 29.5 Å². The van der Waals surface area contributed by atoms with Crippen LogP contribution in [0.25, 0.3) is 10.2 Å². The van der Waals surface area contributed by atoms with E-state index >= 15 is 0 Å². The van der Waals surface area contributed by atoms with Gasteiger partial charge in [0.05, 0.1) is 15.9 Å². The molecule has 0 saturated carbocycles. The van der Waals surface area contributed by atoms with Gasteiger partial charge in [0.1, 0.15) is 4.90 Å². The molecule has 2 aliphatic rings. The summed E-state index contributed by atoms with van der Waals surface area (Å²) in [7, 11) is -2.01. The maximum atomic E-state index is 13.7. The fourth-order valence-electron chi connectivity index (χ4n) is 4.78. The number of carbonyl (C=O) groups is 1. The molecule has 2 saturated heterocycles. The third kappa shape index (κ3) is 4.44. The van der Waals surface area contributed by atoms with Crippen molar-refractivity contribution in [1.82, 2.24) is 9.29 Å². The average Bonchev–Trinajstić information content (AvgIpc) is 3.33. The zero-order valence-electron chi connectivity index (χ0n) is 19.4. The molecule has 7 nitrogen and oxygen atoms in total. The zero-order chi connectivity index (χ0) is 23.7. The Kier molecular flexibility index (Phi) is 6.59. The molecular formula is C25H30N4O3S2. The van der Waals surface area contributed by atoms with Crippen LogP contribution < -0.4 is 9.80 Å². The molecule has 2 aliphatic heterocycles. The fourth-order valence-corrected chi connectivity index (χ4v) is 7.46. The third-order valence-electron chi connectivity index (χ3n) is 6.71. The Morgan fingerprint density at radius 1 is 0.941 bits per heavy atom. The van der Waals surface area contributed by atoms with E-state index in [4.69, 9.17) is 0 Å². The first-order valence-electron chi connectivity index (χ1n) is 12.0. The first-order chi connectivity index (χ1) is 16.4. The molecule has 5 rings (SSSR count). The first-order valence-corrected chi connectivity index (χ1v) is 14.2. The van der Waals surface area contributed by atoms with E-state index in [1.165, 1.54) is 16.2 Å². The molecule has 0 aliphatic carbocycles. The number of sulfonamides is 1. The van der Waals surface area contributed by atoms with Gasteiger partial charge in [0.15, 0.2) is 5.13 Å². The number of fused-ring (bicyclic) bond motifs is 1. The van der Waals surface area contributed by atoms with Gasteiger partial charge in [-0.2, -0.15) is 4.31 Å². The molecule has 180 valence electrons. The molecular weight excluding hydrogens is 468 g/mol. The standard InChI is InChI=1S/C25H30N4O3S2/c1-27(25-26-20-10-4-5-11-22(20)33-25)24(30)19-12-13-21(28-14-6-2-7-15-28)23(18-19)34(31,32)29-16-8-3-9-17-29/h4-5,10-13,18H,2-3,6-9,14-17H2,1H3. The first kappa shape index (κ1) is 23.3. The summed E-state index contributed by atoms with van der Waals surface area (Å²) in [5.41, 5.74) is 1.92. The molecule has 2 aromatic carbocycles. The van der Waals surface area contributed by atoms with Crippen molar-refractivity contribution in [3.05, 3.63) is 48.0 Å². The van der Waals surface area contributed by atoms with Crippen LogP contribution in [0.3, 0.4) is 0 Å². The minimum Gasteiger partial charge on any atom is -0.370 e. The summed E-state index contributed by atoms with van der Waals surface area (Å²) < 4.78 is 30.1. The molecule has 9 heteroatoms. The lowest BCUT2D eigenvalue weighted by Gasteiger charge is -2.33. The van der Waals surface area contributed by atoms with Crippen LogP contribution in [0.2, 0.25) is 0 Å². The lowest BCUT2D eigenvalue weighted by Crippen LogP contribution is -2.38. The van der Waals surface area contributed by atoms with Crippen LogP contribution in [0.5, 0.6) is 0 Å².